The standard InChI is InChI=1S/C14H22N2O2S/c1-10(13-4-3-5-19-13)15-14(18)9-16(2)8-11-6-12(17)7-11/h3-5,10-12,17H,6-9H2,1-2H3,(H,15,18). The van der Waals surface area contributed by atoms with Crippen LogP contribution < -0.4 is 5.32 Å². The minimum atomic E-state index is -0.119. The number of nitrogens with one attached hydrogen (secondary N) is 1. The Bertz CT molecular complexity index is 402. The van der Waals surface area contributed by atoms with Gasteiger partial charge >= 0.3 is 0 Å². The van der Waals surface area contributed by atoms with Crippen molar-refractivity contribution in [2.75, 3.05) is 20.1 Å². The van der Waals surface area contributed by atoms with Gasteiger partial charge in [-0.15, -0.1) is 11.3 Å². The molecule has 0 aromatic carbocycles. The van der Waals surface area contributed by atoms with E-state index < -0.39 is 0 Å². The number of thiophene rings is 1. The molecule has 106 valence electrons. The van der Waals surface area contributed by atoms with Crippen LogP contribution in [0.1, 0.15) is 30.7 Å². The Labute approximate surface area is 118 Å². The molecule has 1 unspecified atom stereocenters. The third-order valence-corrected chi connectivity index (χ3v) is 4.60. The molecule has 1 aromatic rings. The number of nitrogens with zero attached hydrogens (tertiary/aromatic N) is 1. The van der Waals surface area contributed by atoms with E-state index in [-0.39, 0.29) is 18.1 Å². The van der Waals surface area contributed by atoms with E-state index in [9.17, 15) is 9.90 Å². The fourth-order valence-corrected chi connectivity index (χ4v) is 3.23. The zero-order chi connectivity index (χ0) is 13.8. The van der Waals surface area contributed by atoms with Gasteiger partial charge in [-0.2, -0.15) is 0 Å². The predicted octanol–water partition coefficient (Wildman–Crippen LogP) is 1.63. The van der Waals surface area contributed by atoms with E-state index in [1.807, 2.05) is 36.4 Å². The first-order valence-electron chi connectivity index (χ1n) is 6.74. The quantitative estimate of drug-likeness (QED) is 0.834. The van der Waals surface area contributed by atoms with Gasteiger partial charge in [0.25, 0.3) is 0 Å². The lowest BCUT2D eigenvalue weighted by Crippen LogP contribution is -2.41. The Hall–Kier alpha value is -0.910. The molecule has 1 heterocycles. The van der Waals surface area contributed by atoms with Crippen molar-refractivity contribution in [1.29, 1.82) is 0 Å². The molecule has 1 atom stereocenters. The Morgan fingerprint density at radius 2 is 2.37 bits per heavy atom. The summed E-state index contributed by atoms with van der Waals surface area (Å²) in [5.74, 6) is 0.603. The number of aliphatic hydroxyl groups is 1. The smallest absolute Gasteiger partial charge is 0.234 e. The maximum atomic E-state index is 11.9. The van der Waals surface area contributed by atoms with Crippen molar-refractivity contribution in [3.8, 4) is 0 Å². The lowest BCUT2D eigenvalue weighted by Gasteiger charge is -2.34. The molecule has 2 rings (SSSR count). The zero-order valence-corrected chi connectivity index (χ0v) is 12.3. The summed E-state index contributed by atoms with van der Waals surface area (Å²) in [5, 5.41) is 14.3. The summed E-state index contributed by atoms with van der Waals surface area (Å²) in [7, 11) is 1.96. The Balaban J connectivity index is 1.68. The molecule has 0 aliphatic heterocycles. The van der Waals surface area contributed by atoms with Crippen molar-refractivity contribution >= 4 is 17.2 Å². The topological polar surface area (TPSA) is 52.6 Å². The Morgan fingerprint density at radius 1 is 1.63 bits per heavy atom. The molecule has 0 saturated heterocycles. The van der Waals surface area contributed by atoms with Crippen LogP contribution in [0.3, 0.4) is 0 Å². The molecule has 1 aliphatic carbocycles. The summed E-state index contributed by atoms with van der Waals surface area (Å²) in [6, 6.07) is 4.11. The van der Waals surface area contributed by atoms with Gasteiger partial charge in [0.15, 0.2) is 0 Å². The Kier molecular flexibility index (Phi) is 4.96. The molecule has 1 aliphatic rings. The van der Waals surface area contributed by atoms with E-state index in [2.05, 4.69) is 5.32 Å². The number of rotatable bonds is 6. The van der Waals surface area contributed by atoms with E-state index in [0.29, 0.717) is 12.5 Å². The van der Waals surface area contributed by atoms with Crippen LogP contribution >= 0.6 is 11.3 Å². The molecular weight excluding hydrogens is 260 g/mol. The summed E-state index contributed by atoms with van der Waals surface area (Å²) < 4.78 is 0. The number of amides is 1. The van der Waals surface area contributed by atoms with Crippen molar-refractivity contribution in [2.24, 2.45) is 5.92 Å². The van der Waals surface area contributed by atoms with E-state index >= 15 is 0 Å². The van der Waals surface area contributed by atoms with Crippen LogP contribution in [0.15, 0.2) is 17.5 Å². The minimum absolute atomic E-state index is 0.0586. The predicted molar refractivity (Wildman–Crippen MR) is 77.1 cm³/mol. The number of likely N-dealkylation sites (N-methyl/N-ethyl adjacent to an activating group) is 1. The summed E-state index contributed by atoms with van der Waals surface area (Å²) in [6.07, 6.45) is 1.63. The average molecular weight is 282 g/mol. The van der Waals surface area contributed by atoms with Crippen LogP contribution in [0.2, 0.25) is 0 Å². The molecule has 1 aromatic heterocycles. The van der Waals surface area contributed by atoms with Gasteiger partial charge in [0.05, 0.1) is 18.7 Å². The minimum Gasteiger partial charge on any atom is -0.393 e. The van der Waals surface area contributed by atoms with Crippen LogP contribution in [0, 0.1) is 5.92 Å². The van der Waals surface area contributed by atoms with Gasteiger partial charge in [0.2, 0.25) is 5.91 Å². The molecule has 4 nitrogen and oxygen atoms in total. The highest BCUT2D eigenvalue weighted by atomic mass is 32.1. The van der Waals surface area contributed by atoms with Crippen molar-refractivity contribution < 1.29 is 9.90 Å². The van der Waals surface area contributed by atoms with E-state index in [4.69, 9.17) is 0 Å². The summed E-state index contributed by atoms with van der Waals surface area (Å²) in [5.41, 5.74) is 0. The van der Waals surface area contributed by atoms with Crippen molar-refractivity contribution in [3.05, 3.63) is 22.4 Å². The number of carbonyl (C=O) groups excluding carboxylic acids is 1. The molecule has 1 saturated carbocycles. The lowest BCUT2D eigenvalue weighted by molar-refractivity contribution is -0.122. The van der Waals surface area contributed by atoms with Gasteiger partial charge in [-0.3, -0.25) is 9.69 Å². The van der Waals surface area contributed by atoms with E-state index in [1.54, 1.807) is 11.3 Å². The second-order valence-electron chi connectivity index (χ2n) is 5.49. The molecule has 2 N–H and O–H groups in total. The third-order valence-electron chi connectivity index (χ3n) is 3.54. The van der Waals surface area contributed by atoms with Crippen molar-refractivity contribution in [1.82, 2.24) is 10.2 Å². The van der Waals surface area contributed by atoms with Crippen molar-refractivity contribution in [2.45, 2.75) is 31.9 Å². The van der Waals surface area contributed by atoms with Crippen molar-refractivity contribution in [3.63, 3.8) is 0 Å². The molecule has 0 radical (unpaired) electrons. The first-order chi connectivity index (χ1) is 9.04. The summed E-state index contributed by atoms with van der Waals surface area (Å²) in [4.78, 5) is 15.1. The number of aliphatic hydroxyl groups excluding tert-OH is 1. The van der Waals surface area contributed by atoms with E-state index in [1.165, 1.54) is 4.88 Å². The fourth-order valence-electron chi connectivity index (χ4n) is 2.50. The van der Waals surface area contributed by atoms with Crippen LogP contribution in [0.25, 0.3) is 0 Å². The third kappa shape index (κ3) is 4.30. The first-order valence-corrected chi connectivity index (χ1v) is 7.62. The molecule has 1 amide bonds. The van der Waals surface area contributed by atoms with Gasteiger partial charge in [-0.25, -0.2) is 0 Å². The molecule has 19 heavy (non-hydrogen) atoms. The highest BCUT2D eigenvalue weighted by Gasteiger charge is 2.28. The van der Waals surface area contributed by atoms with Gasteiger partial charge in [-0.1, -0.05) is 6.07 Å². The molecule has 0 spiro atoms. The fraction of sp³-hybridized carbons (Fsp3) is 0.643. The summed E-state index contributed by atoms with van der Waals surface area (Å²) in [6.45, 7) is 3.31. The largest absolute Gasteiger partial charge is 0.393 e. The maximum absolute atomic E-state index is 11.9. The van der Waals surface area contributed by atoms with Crippen LogP contribution in [0.5, 0.6) is 0 Å². The molecule has 0 bridgehead atoms. The lowest BCUT2D eigenvalue weighted by atomic mass is 9.82. The SMILES string of the molecule is CC(NC(=O)CN(C)CC1CC(O)C1)c1cccs1. The summed E-state index contributed by atoms with van der Waals surface area (Å²) >= 11 is 1.66. The average Bonchev–Trinajstić information content (AvgIpc) is 2.79. The van der Waals surface area contributed by atoms with Crippen LogP contribution in [-0.2, 0) is 4.79 Å². The molecule has 5 heteroatoms. The van der Waals surface area contributed by atoms with Gasteiger partial charge < -0.3 is 10.4 Å². The van der Waals surface area contributed by atoms with Gasteiger partial charge in [0.1, 0.15) is 0 Å². The van der Waals surface area contributed by atoms with Crippen LogP contribution in [-0.4, -0.2) is 42.2 Å². The monoisotopic (exact) mass is 282 g/mol. The maximum Gasteiger partial charge on any atom is 0.234 e. The van der Waals surface area contributed by atoms with E-state index in [0.717, 1.165) is 19.4 Å². The molecular formula is C14H22N2O2S. The zero-order valence-electron chi connectivity index (χ0n) is 11.5. The van der Waals surface area contributed by atoms with Gasteiger partial charge in [0, 0.05) is 11.4 Å². The molecule has 1 fully saturated rings. The number of hydrogen-bond donors (Lipinski definition) is 2. The van der Waals surface area contributed by atoms with Crippen LogP contribution in [0.4, 0.5) is 0 Å². The van der Waals surface area contributed by atoms with Gasteiger partial charge in [-0.05, 0) is 44.2 Å². The first kappa shape index (κ1) is 14.5. The highest BCUT2D eigenvalue weighted by Crippen LogP contribution is 2.27. The number of carbonyl (C=O) groups is 1. The second-order valence-corrected chi connectivity index (χ2v) is 6.47. The second kappa shape index (κ2) is 6.50. The number of hydrogen-bond acceptors (Lipinski definition) is 4. The Morgan fingerprint density at radius 3 is 2.95 bits per heavy atom. The normalized spacial score (nSPS) is 24.0. The highest BCUT2D eigenvalue weighted by molar-refractivity contribution is 7.10.